The minimum atomic E-state index is -3.87. The highest BCUT2D eigenvalue weighted by Crippen LogP contribution is 2.25. The van der Waals surface area contributed by atoms with Gasteiger partial charge in [0.2, 0.25) is 17.7 Å². The number of benzene rings is 1. The molecule has 2 aliphatic rings. The predicted molar refractivity (Wildman–Crippen MR) is 207 cm³/mol. The molecule has 0 saturated carbocycles. The third-order valence-electron chi connectivity index (χ3n) is 8.43. The van der Waals surface area contributed by atoms with Gasteiger partial charge in [0.15, 0.2) is 0 Å². The summed E-state index contributed by atoms with van der Waals surface area (Å²) in [6.45, 7) is 11.2. The van der Waals surface area contributed by atoms with E-state index in [1.165, 1.54) is 24.3 Å². The average Bonchev–Trinajstić information content (AvgIpc) is 3.82. The van der Waals surface area contributed by atoms with Crippen molar-refractivity contribution in [3.63, 3.8) is 0 Å². The standard InChI is InChI=1S/C21H27F2N3O4S.C13H19N3O2.C4H4O4/c1-3-11-26-12-10-17(13-26)30-21-9-8-19(15(2)24-21)25-31(27,28)18-6-4-16(5-7-18)29-14-20(22)23;1-3-13(17)16-7-6-10(8-16)18-12-5-4-11(14)9(2)15-12;5-3(6)1-2-4(7)8/h4-9,17,20,25H,3,10-14H2,1-2H3;4-5,10H,3,6-8,14H2,1-2H3;1-2H,(H,5,6)(H,7,8)/b;;2-1+. The Labute approximate surface area is 330 Å². The maximum atomic E-state index is 12.7. The number of anilines is 2. The van der Waals surface area contributed by atoms with Gasteiger partial charge in [-0.3, -0.25) is 14.4 Å². The number of nitrogens with one attached hydrogen (secondary N) is 1. The zero-order chi connectivity index (χ0) is 42.1. The van der Waals surface area contributed by atoms with Crippen LogP contribution in [0, 0.1) is 13.8 Å². The fourth-order valence-corrected chi connectivity index (χ4v) is 6.69. The minimum absolute atomic E-state index is 0.0152. The van der Waals surface area contributed by atoms with Crippen molar-refractivity contribution >= 4 is 39.2 Å². The number of nitrogens with zero attached hydrogens (tertiary/aromatic N) is 4. The lowest BCUT2D eigenvalue weighted by molar-refractivity contribution is -0.134. The topological polar surface area (TPSA) is 224 Å². The van der Waals surface area contributed by atoms with Gasteiger partial charge in [0, 0.05) is 56.8 Å². The number of amides is 1. The zero-order valence-electron chi connectivity index (χ0n) is 32.3. The number of rotatable bonds is 15. The summed E-state index contributed by atoms with van der Waals surface area (Å²) in [6.07, 6.45) is 2.07. The number of alkyl halides is 2. The van der Waals surface area contributed by atoms with E-state index in [2.05, 4.69) is 26.5 Å². The fourth-order valence-electron chi connectivity index (χ4n) is 5.58. The normalized spacial score (nSPS) is 16.6. The molecule has 3 aromatic rings. The number of carboxylic acid groups (broad SMARTS) is 2. The molecule has 4 heterocycles. The van der Waals surface area contributed by atoms with Crippen LogP contribution in [0.3, 0.4) is 0 Å². The van der Waals surface area contributed by atoms with Crippen LogP contribution < -0.4 is 24.7 Å². The van der Waals surface area contributed by atoms with Gasteiger partial charge in [0.1, 0.15) is 24.6 Å². The molecule has 1 amide bonds. The number of nitrogens with two attached hydrogens (primary N) is 1. The second-order valence-electron chi connectivity index (χ2n) is 12.9. The van der Waals surface area contributed by atoms with Gasteiger partial charge < -0.3 is 35.1 Å². The van der Waals surface area contributed by atoms with E-state index in [0.29, 0.717) is 53.9 Å². The number of halogens is 2. The molecule has 0 spiro atoms. The Morgan fingerprint density at radius 1 is 0.895 bits per heavy atom. The van der Waals surface area contributed by atoms with Gasteiger partial charge in [0.05, 0.1) is 34.2 Å². The molecular weight excluding hydrogens is 771 g/mol. The molecule has 0 aliphatic carbocycles. The molecular formula is C38H50F2N6O10S. The summed E-state index contributed by atoms with van der Waals surface area (Å²) in [7, 11) is -3.87. The molecule has 57 heavy (non-hydrogen) atoms. The first kappa shape index (κ1) is 45.8. The van der Waals surface area contributed by atoms with Crippen molar-refractivity contribution in [2.75, 3.05) is 49.8 Å². The first-order valence-corrected chi connectivity index (χ1v) is 19.7. The molecule has 19 heteroatoms. The van der Waals surface area contributed by atoms with Gasteiger partial charge in [-0.1, -0.05) is 13.8 Å². The van der Waals surface area contributed by atoms with Crippen LogP contribution in [-0.4, -0.2) is 114 Å². The van der Waals surface area contributed by atoms with Crippen LogP contribution in [0.4, 0.5) is 20.2 Å². The smallest absolute Gasteiger partial charge is 0.328 e. The molecule has 2 aliphatic heterocycles. The summed E-state index contributed by atoms with van der Waals surface area (Å²) in [5, 5.41) is 15.6. The van der Waals surface area contributed by atoms with E-state index in [1.807, 2.05) is 18.7 Å². The first-order valence-electron chi connectivity index (χ1n) is 18.2. The fraction of sp³-hybridized carbons (Fsp3) is 0.447. The van der Waals surface area contributed by atoms with Crippen molar-refractivity contribution in [3.05, 3.63) is 72.1 Å². The number of carbonyl (C=O) groups is 3. The third-order valence-corrected chi connectivity index (χ3v) is 9.81. The quantitative estimate of drug-likeness (QED) is 0.152. The van der Waals surface area contributed by atoms with Crippen LogP contribution in [0.25, 0.3) is 0 Å². The maximum absolute atomic E-state index is 12.7. The number of nitrogen functional groups attached to an aromatic ring is 1. The van der Waals surface area contributed by atoms with Crippen molar-refractivity contribution in [1.82, 2.24) is 19.8 Å². The van der Waals surface area contributed by atoms with Crippen LogP contribution in [0.15, 0.2) is 65.6 Å². The number of aromatic nitrogens is 2. The van der Waals surface area contributed by atoms with Gasteiger partial charge in [-0.2, -0.15) is 0 Å². The first-order chi connectivity index (χ1) is 27.0. The zero-order valence-corrected chi connectivity index (χ0v) is 33.1. The Morgan fingerprint density at radius 2 is 1.47 bits per heavy atom. The Bertz CT molecular complexity index is 1920. The number of aryl methyl sites for hydroxylation is 2. The van der Waals surface area contributed by atoms with Crippen LogP contribution >= 0.6 is 0 Å². The van der Waals surface area contributed by atoms with Gasteiger partial charge in [-0.15, -0.1) is 0 Å². The summed E-state index contributed by atoms with van der Waals surface area (Å²) in [5.41, 5.74) is 7.96. The Balaban J connectivity index is 0.000000280. The number of hydrogen-bond acceptors (Lipinski definition) is 12. The van der Waals surface area contributed by atoms with Crippen LogP contribution in [0.1, 0.15) is 50.9 Å². The van der Waals surface area contributed by atoms with Crippen molar-refractivity contribution in [2.45, 2.75) is 76.9 Å². The molecule has 2 unspecified atom stereocenters. The van der Waals surface area contributed by atoms with Gasteiger partial charge in [0.25, 0.3) is 16.4 Å². The highest BCUT2D eigenvalue weighted by Gasteiger charge is 2.27. The summed E-state index contributed by atoms with van der Waals surface area (Å²) in [5.74, 6) is -1.12. The van der Waals surface area contributed by atoms with Crippen LogP contribution in [0.5, 0.6) is 17.5 Å². The van der Waals surface area contributed by atoms with Crippen molar-refractivity contribution in [1.29, 1.82) is 0 Å². The van der Waals surface area contributed by atoms with Crippen molar-refractivity contribution < 1.29 is 56.0 Å². The van der Waals surface area contributed by atoms with Gasteiger partial charge in [-0.25, -0.2) is 36.8 Å². The van der Waals surface area contributed by atoms with E-state index in [9.17, 15) is 31.6 Å². The summed E-state index contributed by atoms with van der Waals surface area (Å²) < 4.78 is 68.8. The summed E-state index contributed by atoms with van der Waals surface area (Å²) in [6, 6.07) is 12.1. The van der Waals surface area contributed by atoms with Crippen molar-refractivity contribution in [3.8, 4) is 17.5 Å². The number of ether oxygens (including phenoxy) is 3. The van der Waals surface area contributed by atoms with E-state index in [4.69, 9.17) is 30.2 Å². The number of hydrogen-bond donors (Lipinski definition) is 4. The second-order valence-corrected chi connectivity index (χ2v) is 14.6. The van der Waals surface area contributed by atoms with Crippen molar-refractivity contribution in [2.24, 2.45) is 0 Å². The van der Waals surface area contributed by atoms with Crippen LogP contribution in [-0.2, 0) is 24.4 Å². The molecule has 5 rings (SSSR count). The lowest BCUT2D eigenvalue weighted by atomic mass is 10.3. The van der Waals surface area contributed by atoms with E-state index >= 15 is 0 Å². The number of carbonyl (C=O) groups excluding carboxylic acids is 1. The molecule has 0 radical (unpaired) electrons. The Morgan fingerprint density at radius 3 is 2.02 bits per heavy atom. The van der Waals surface area contributed by atoms with E-state index in [1.54, 1.807) is 31.2 Å². The lowest BCUT2D eigenvalue weighted by Crippen LogP contribution is -2.30. The molecule has 2 fully saturated rings. The highest BCUT2D eigenvalue weighted by atomic mass is 32.2. The lowest BCUT2D eigenvalue weighted by Gasteiger charge is -2.16. The molecule has 2 aromatic heterocycles. The molecule has 16 nitrogen and oxygen atoms in total. The average molecular weight is 821 g/mol. The minimum Gasteiger partial charge on any atom is -0.488 e. The Hall–Kier alpha value is -5.56. The number of carboxylic acids is 2. The van der Waals surface area contributed by atoms with Gasteiger partial charge >= 0.3 is 11.9 Å². The Kier molecular flexibility index (Phi) is 17.9. The third kappa shape index (κ3) is 15.8. The SMILES string of the molecule is CCC(=O)N1CCC(Oc2ccc(N)c(C)n2)C1.CCCN1CCC(Oc2ccc(NS(=O)(=O)c3ccc(OCC(F)F)cc3)c(C)n2)C1.O=C(O)/C=C/C(=O)O. The molecule has 2 atom stereocenters. The molecule has 0 bridgehead atoms. The highest BCUT2D eigenvalue weighted by molar-refractivity contribution is 7.92. The molecule has 5 N–H and O–H groups in total. The van der Waals surface area contributed by atoms with E-state index in [-0.39, 0.29) is 28.8 Å². The second kappa shape index (κ2) is 22.2. The maximum Gasteiger partial charge on any atom is 0.328 e. The van der Waals surface area contributed by atoms with Gasteiger partial charge in [-0.05, 0) is 69.6 Å². The van der Waals surface area contributed by atoms with E-state index in [0.717, 1.165) is 51.1 Å². The van der Waals surface area contributed by atoms with Crippen LogP contribution in [0.2, 0.25) is 0 Å². The number of aliphatic carboxylic acids is 2. The molecule has 312 valence electrons. The van der Waals surface area contributed by atoms with E-state index < -0.39 is 35.0 Å². The number of sulfonamides is 1. The molecule has 2 saturated heterocycles. The molecule has 1 aromatic carbocycles. The summed E-state index contributed by atoms with van der Waals surface area (Å²) in [4.78, 5) is 43.5. The predicted octanol–water partition coefficient (Wildman–Crippen LogP) is 4.77. The monoisotopic (exact) mass is 820 g/mol. The number of pyridine rings is 2. The summed E-state index contributed by atoms with van der Waals surface area (Å²) >= 11 is 0. The largest absolute Gasteiger partial charge is 0.488 e. The number of likely N-dealkylation sites (tertiary alicyclic amines) is 2.